The number of nitrogens with zero attached hydrogens (tertiary/aromatic N) is 1. The summed E-state index contributed by atoms with van der Waals surface area (Å²) >= 11 is 6.06. The minimum atomic E-state index is 0.151. The summed E-state index contributed by atoms with van der Waals surface area (Å²) in [5.41, 5.74) is 5.13. The van der Waals surface area contributed by atoms with Crippen molar-refractivity contribution >= 4 is 11.6 Å². The molecule has 0 aliphatic heterocycles. The highest BCUT2D eigenvalue weighted by Gasteiger charge is 2.12. The number of hydrogen-bond donors (Lipinski definition) is 2. The second-order valence-corrected chi connectivity index (χ2v) is 5.36. The molecule has 2 aromatic rings. The van der Waals surface area contributed by atoms with Gasteiger partial charge in [-0.1, -0.05) is 17.7 Å². The topological polar surface area (TPSA) is 60.2 Å². The van der Waals surface area contributed by atoms with E-state index in [1.54, 1.807) is 13.3 Å². The highest BCUT2D eigenvalue weighted by atomic mass is 35.5. The van der Waals surface area contributed by atoms with Crippen LogP contribution in [-0.4, -0.2) is 18.1 Å². The van der Waals surface area contributed by atoms with E-state index < -0.39 is 0 Å². The van der Waals surface area contributed by atoms with Gasteiger partial charge in [-0.15, -0.1) is 0 Å². The van der Waals surface area contributed by atoms with Gasteiger partial charge in [-0.25, -0.2) is 0 Å². The first-order valence-corrected chi connectivity index (χ1v) is 7.28. The Bertz CT molecular complexity index is 563. The predicted molar refractivity (Wildman–Crippen MR) is 85.4 cm³/mol. The molecule has 1 atom stereocenters. The third-order valence-electron chi connectivity index (χ3n) is 3.45. The van der Waals surface area contributed by atoms with Crippen molar-refractivity contribution in [2.45, 2.75) is 25.3 Å². The first-order chi connectivity index (χ1) is 10.2. The number of hydrogen-bond acceptors (Lipinski definition) is 4. The molecule has 0 bridgehead atoms. The molecule has 4 nitrogen and oxygen atoms in total. The third-order valence-corrected chi connectivity index (χ3v) is 3.68. The number of halogens is 1. The van der Waals surface area contributed by atoms with Gasteiger partial charge in [0.15, 0.2) is 0 Å². The summed E-state index contributed by atoms with van der Waals surface area (Å²) in [5.74, 6) is 6.51. The Morgan fingerprint density at radius 3 is 2.90 bits per heavy atom. The quantitative estimate of drug-likeness (QED) is 0.610. The molecule has 0 aliphatic rings. The molecule has 112 valence electrons. The fourth-order valence-corrected chi connectivity index (χ4v) is 2.50. The molecule has 21 heavy (non-hydrogen) atoms. The van der Waals surface area contributed by atoms with Gasteiger partial charge in [-0.3, -0.25) is 16.3 Å². The lowest BCUT2D eigenvalue weighted by atomic mass is 9.99. The Hall–Kier alpha value is -1.62. The van der Waals surface area contributed by atoms with Crippen LogP contribution in [0.2, 0.25) is 5.02 Å². The van der Waals surface area contributed by atoms with Gasteiger partial charge in [0.2, 0.25) is 0 Å². The molecule has 2 rings (SSSR count). The molecule has 1 unspecified atom stereocenters. The molecule has 5 heteroatoms. The smallest absolute Gasteiger partial charge is 0.122 e. The summed E-state index contributed by atoms with van der Waals surface area (Å²) in [7, 11) is 1.66. The average Bonchev–Trinajstić information content (AvgIpc) is 2.52. The van der Waals surface area contributed by atoms with Crippen molar-refractivity contribution in [2.24, 2.45) is 5.84 Å². The van der Waals surface area contributed by atoms with Crippen LogP contribution in [-0.2, 0) is 12.8 Å². The van der Waals surface area contributed by atoms with Gasteiger partial charge in [0.05, 0.1) is 7.11 Å². The first kappa shape index (κ1) is 15.8. The molecule has 1 aromatic heterocycles. The molecule has 0 fully saturated rings. The minimum absolute atomic E-state index is 0.151. The Kier molecular flexibility index (Phi) is 5.99. The van der Waals surface area contributed by atoms with E-state index in [-0.39, 0.29) is 6.04 Å². The number of nitrogens with one attached hydrogen (secondary N) is 1. The summed E-state index contributed by atoms with van der Waals surface area (Å²) in [6, 6.07) is 9.80. The predicted octanol–water partition coefficient (Wildman–Crippen LogP) is 2.75. The van der Waals surface area contributed by atoms with E-state index in [2.05, 4.69) is 16.5 Å². The van der Waals surface area contributed by atoms with Gasteiger partial charge < -0.3 is 4.74 Å². The number of methoxy groups -OCH3 is 1. The van der Waals surface area contributed by atoms with Gasteiger partial charge in [0, 0.05) is 23.5 Å². The largest absolute Gasteiger partial charge is 0.496 e. The molecular weight excluding hydrogens is 286 g/mol. The Morgan fingerprint density at radius 2 is 2.24 bits per heavy atom. The molecule has 0 radical (unpaired) electrons. The monoisotopic (exact) mass is 305 g/mol. The van der Waals surface area contributed by atoms with Gasteiger partial charge in [-0.05, 0) is 54.7 Å². The first-order valence-electron chi connectivity index (χ1n) is 6.90. The van der Waals surface area contributed by atoms with Crippen molar-refractivity contribution in [1.82, 2.24) is 10.4 Å². The molecular formula is C16H20ClN3O. The van der Waals surface area contributed by atoms with Crippen molar-refractivity contribution < 1.29 is 4.74 Å². The SMILES string of the molecule is COc1ccc(Cl)cc1CC(CCc1cccnc1)NN. The van der Waals surface area contributed by atoms with Gasteiger partial charge >= 0.3 is 0 Å². The highest BCUT2D eigenvalue weighted by molar-refractivity contribution is 6.30. The zero-order valence-corrected chi connectivity index (χ0v) is 12.8. The zero-order chi connectivity index (χ0) is 15.1. The molecule has 0 aliphatic carbocycles. The van der Waals surface area contributed by atoms with Gasteiger partial charge in [-0.2, -0.15) is 0 Å². The van der Waals surface area contributed by atoms with Crippen molar-refractivity contribution in [3.63, 3.8) is 0 Å². The molecule has 0 saturated heterocycles. The standard InChI is InChI=1S/C16H20ClN3O/c1-21-16-7-5-14(17)9-13(16)10-15(20-18)6-4-12-3-2-8-19-11-12/h2-3,5,7-9,11,15,20H,4,6,10,18H2,1H3. The van der Waals surface area contributed by atoms with Crippen LogP contribution in [0.4, 0.5) is 0 Å². The van der Waals surface area contributed by atoms with Crippen LogP contribution >= 0.6 is 11.6 Å². The van der Waals surface area contributed by atoms with Crippen molar-refractivity contribution in [3.05, 3.63) is 58.9 Å². The van der Waals surface area contributed by atoms with E-state index >= 15 is 0 Å². The Balaban J connectivity index is 2.00. The van der Waals surface area contributed by atoms with Crippen LogP contribution < -0.4 is 16.0 Å². The van der Waals surface area contributed by atoms with Crippen molar-refractivity contribution in [2.75, 3.05) is 7.11 Å². The van der Waals surface area contributed by atoms with Gasteiger partial charge in [0.25, 0.3) is 0 Å². The average molecular weight is 306 g/mol. The summed E-state index contributed by atoms with van der Waals surface area (Å²) in [4.78, 5) is 4.12. The Morgan fingerprint density at radius 1 is 1.38 bits per heavy atom. The van der Waals surface area contributed by atoms with Crippen LogP contribution in [0.15, 0.2) is 42.7 Å². The maximum Gasteiger partial charge on any atom is 0.122 e. The van der Waals surface area contributed by atoms with Crippen LogP contribution in [0.25, 0.3) is 0 Å². The molecule has 0 spiro atoms. The normalized spacial score (nSPS) is 12.1. The highest BCUT2D eigenvalue weighted by Crippen LogP contribution is 2.24. The number of ether oxygens (including phenoxy) is 1. The summed E-state index contributed by atoms with van der Waals surface area (Å²) in [5, 5.41) is 0.703. The minimum Gasteiger partial charge on any atom is -0.496 e. The zero-order valence-electron chi connectivity index (χ0n) is 12.1. The summed E-state index contributed by atoms with van der Waals surface area (Å²) in [6.07, 6.45) is 6.26. The van der Waals surface area contributed by atoms with E-state index in [1.807, 2.05) is 30.5 Å². The van der Waals surface area contributed by atoms with Gasteiger partial charge in [0.1, 0.15) is 5.75 Å². The number of pyridine rings is 1. The molecule has 1 heterocycles. The number of aromatic nitrogens is 1. The fraction of sp³-hybridized carbons (Fsp3) is 0.312. The second kappa shape index (κ2) is 7.98. The van der Waals surface area contributed by atoms with E-state index in [0.29, 0.717) is 5.02 Å². The third kappa shape index (κ3) is 4.70. The Labute approximate surface area is 130 Å². The summed E-state index contributed by atoms with van der Waals surface area (Å²) < 4.78 is 5.37. The van der Waals surface area contributed by atoms with E-state index in [0.717, 1.165) is 30.6 Å². The van der Waals surface area contributed by atoms with E-state index in [9.17, 15) is 0 Å². The number of benzene rings is 1. The molecule has 3 N–H and O–H groups in total. The van der Waals surface area contributed by atoms with Crippen LogP contribution in [0.1, 0.15) is 17.5 Å². The van der Waals surface area contributed by atoms with E-state index in [1.165, 1.54) is 5.56 Å². The van der Waals surface area contributed by atoms with Crippen LogP contribution in [0.5, 0.6) is 5.75 Å². The molecule has 1 aromatic carbocycles. The maximum atomic E-state index is 6.06. The fourth-order valence-electron chi connectivity index (χ4n) is 2.30. The number of nitrogens with two attached hydrogens (primary N) is 1. The van der Waals surface area contributed by atoms with E-state index in [4.69, 9.17) is 22.2 Å². The van der Waals surface area contributed by atoms with Crippen LogP contribution in [0.3, 0.4) is 0 Å². The second-order valence-electron chi connectivity index (χ2n) is 4.92. The lowest BCUT2D eigenvalue weighted by Gasteiger charge is -2.18. The number of aryl methyl sites for hydroxylation is 1. The van der Waals surface area contributed by atoms with Crippen LogP contribution in [0, 0.1) is 0 Å². The lowest BCUT2D eigenvalue weighted by molar-refractivity contribution is 0.403. The number of rotatable bonds is 7. The lowest BCUT2D eigenvalue weighted by Crippen LogP contribution is -2.37. The molecule has 0 saturated carbocycles. The van der Waals surface area contributed by atoms with Crippen molar-refractivity contribution in [1.29, 1.82) is 0 Å². The number of hydrazine groups is 1. The van der Waals surface area contributed by atoms with Crippen molar-refractivity contribution in [3.8, 4) is 5.75 Å². The summed E-state index contributed by atoms with van der Waals surface area (Å²) in [6.45, 7) is 0. The maximum absolute atomic E-state index is 6.06. The molecule has 0 amide bonds.